The predicted molar refractivity (Wildman–Crippen MR) is 77.7 cm³/mol. The van der Waals surface area contributed by atoms with Crippen LogP contribution < -0.4 is 16.0 Å². The van der Waals surface area contributed by atoms with E-state index in [1.54, 1.807) is 0 Å². The molecule has 0 fully saturated rings. The topological polar surface area (TPSA) is 68.1 Å². The lowest BCUT2D eigenvalue weighted by molar-refractivity contribution is 0.243. The highest BCUT2D eigenvalue weighted by atomic mass is 16.5. The summed E-state index contributed by atoms with van der Waals surface area (Å²) in [6, 6.07) is 7.53. The molecule has 4 nitrogen and oxygen atoms in total. The number of ether oxygens (including phenoxy) is 1. The first-order chi connectivity index (χ1) is 8.95. The summed E-state index contributed by atoms with van der Waals surface area (Å²) in [5.74, 6) is 0.807. The summed E-state index contributed by atoms with van der Waals surface area (Å²) >= 11 is 0. The Morgan fingerprint density at radius 1 is 1.26 bits per heavy atom. The van der Waals surface area contributed by atoms with Crippen LogP contribution in [0.25, 0.3) is 10.9 Å². The summed E-state index contributed by atoms with van der Waals surface area (Å²) in [6.45, 7) is 5.86. The van der Waals surface area contributed by atoms with Crippen molar-refractivity contribution in [2.45, 2.75) is 39.3 Å². The highest BCUT2D eigenvalue weighted by molar-refractivity contribution is 5.80. The van der Waals surface area contributed by atoms with Crippen molar-refractivity contribution in [2.24, 2.45) is 5.73 Å². The zero-order valence-electron chi connectivity index (χ0n) is 11.6. The summed E-state index contributed by atoms with van der Waals surface area (Å²) in [7, 11) is 0. The van der Waals surface area contributed by atoms with Crippen molar-refractivity contribution in [3.63, 3.8) is 0 Å². The molecule has 4 heteroatoms. The SMILES string of the molecule is CC(N)Cc1cc2cc(OC(C)C)ccc2[nH]c1=O. The average molecular weight is 260 g/mol. The molecule has 1 atom stereocenters. The Morgan fingerprint density at radius 2 is 2.00 bits per heavy atom. The molecule has 0 spiro atoms. The number of hydrogen-bond donors (Lipinski definition) is 2. The molecule has 0 aliphatic carbocycles. The minimum atomic E-state index is -0.0673. The molecule has 1 heterocycles. The molecule has 0 saturated carbocycles. The van der Waals surface area contributed by atoms with E-state index in [-0.39, 0.29) is 17.7 Å². The van der Waals surface area contributed by atoms with Gasteiger partial charge in [0.25, 0.3) is 5.56 Å². The van der Waals surface area contributed by atoms with Gasteiger partial charge in [0.1, 0.15) is 5.75 Å². The molecule has 3 N–H and O–H groups in total. The van der Waals surface area contributed by atoms with Crippen molar-refractivity contribution in [1.82, 2.24) is 4.98 Å². The van der Waals surface area contributed by atoms with Gasteiger partial charge in [-0.3, -0.25) is 4.79 Å². The second kappa shape index (κ2) is 5.45. The van der Waals surface area contributed by atoms with Gasteiger partial charge in [-0.15, -0.1) is 0 Å². The minimum absolute atomic E-state index is 0.0337. The normalized spacial score (nSPS) is 12.9. The molecule has 102 valence electrons. The molecule has 0 amide bonds. The monoisotopic (exact) mass is 260 g/mol. The van der Waals surface area contributed by atoms with E-state index in [9.17, 15) is 4.79 Å². The van der Waals surface area contributed by atoms with Crippen molar-refractivity contribution in [1.29, 1.82) is 0 Å². The summed E-state index contributed by atoms with van der Waals surface area (Å²) < 4.78 is 5.66. The number of aromatic nitrogens is 1. The fourth-order valence-corrected chi connectivity index (χ4v) is 2.07. The Bertz CT molecular complexity index is 630. The summed E-state index contributed by atoms with van der Waals surface area (Å²) in [6.07, 6.45) is 0.698. The van der Waals surface area contributed by atoms with Gasteiger partial charge in [0.2, 0.25) is 0 Å². The fraction of sp³-hybridized carbons (Fsp3) is 0.400. The lowest BCUT2D eigenvalue weighted by Crippen LogP contribution is -2.23. The standard InChI is InChI=1S/C15H20N2O2/c1-9(2)19-13-4-5-14-11(8-13)7-12(6-10(3)16)15(18)17-14/h4-5,7-10H,6,16H2,1-3H3,(H,17,18). The number of pyridine rings is 1. The highest BCUT2D eigenvalue weighted by Gasteiger charge is 2.07. The predicted octanol–water partition coefficient (Wildman–Crippen LogP) is 2.21. The maximum absolute atomic E-state index is 11.9. The number of nitrogens with one attached hydrogen (secondary N) is 1. The average Bonchev–Trinajstić information content (AvgIpc) is 2.29. The van der Waals surface area contributed by atoms with Crippen molar-refractivity contribution >= 4 is 10.9 Å². The third kappa shape index (κ3) is 3.35. The van der Waals surface area contributed by atoms with Gasteiger partial charge in [0.05, 0.1) is 6.10 Å². The molecule has 0 aliphatic heterocycles. The Balaban J connectivity index is 2.45. The second-order valence-electron chi connectivity index (χ2n) is 5.22. The zero-order chi connectivity index (χ0) is 14.0. The van der Waals surface area contributed by atoms with E-state index in [2.05, 4.69) is 4.98 Å². The smallest absolute Gasteiger partial charge is 0.251 e. The maximum Gasteiger partial charge on any atom is 0.251 e. The van der Waals surface area contributed by atoms with E-state index in [1.807, 2.05) is 45.0 Å². The van der Waals surface area contributed by atoms with Crippen LogP contribution in [0.4, 0.5) is 0 Å². The lowest BCUT2D eigenvalue weighted by Gasteiger charge is -2.11. The molecule has 1 aromatic heterocycles. The minimum Gasteiger partial charge on any atom is -0.491 e. The Labute approximate surface area is 112 Å². The molecular formula is C15H20N2O2. The lowest BCUT2D eigenvalue weighted by atomic mass is 10.1. The molecule has 0 radical (unpaired) electrons. The molecule has 1 aromatic carbocycles. The van der Waals surface area contributed by atoms with E-state index in [1.165, 1.54) is 0 Å². The Kier molecular flexibility index (Phi) is 3.90. The first kappa shape index (κ1) is 13.6. The molecule has 19 heavy (non-hydrogen) atoms. The van der Waals surface area contributed by atoms with E-state index in [4.69, 9.17) is 10.5 Å². The Morgan fingerprint density at radius 3 is 2.63 bits per heavy atom. The third-order valence-corrected chi connectivity index (χ3v) is 2.81. The van der Waals surface area contributed by atoms with Crippen LogP contribution in [0.3, 0.4) is 0 Å². The molecule has 0 aliphatic rings. The van der Waals surface area contributed by atoms with Crippen LogP contribution in [-0.2, 0) is 6.42 Å². The quantitative estimate of drug-likeness (QED) is 0.885. The summed E-state index contributed by atoms with van der Waals surface area (Å²) in [5, 5.41) is 0.966. The second-order valence-corrected chi connectivity index (χ2v) is 5.22. The van der Waals surface area contributed by atoms with Crippen LogP contribution in [0.15, 0.2) is 29.1 Å². The van der Waals surface area contributed by atoms with Gasteiger partial charge in [-0.25, -0.2) is 0 Å². The van der Waals surface area contributed by atoms with Crippen LogP contribution in [0.2, 0.25) is 0 Å². The molecule has 2 rings (SSSR count). The largest absolute Gasteiger partial charge is 0.491 e. The Hall–Kier alpha value is -1.81. The van der Waals surface area contributed by atoms with Gasteiger partial charge >= 0.3 is 0 Å². The summed E-state index contributed by atoms with van der Waals surface area (Å²) in [5.41, 5.74) is 7.22. The zero-order valence-corrected chi connectivity index (χ0v) is 11.6. The first-order valence-electron chi connectivity index (χ1n) is 6.54. The third-order valence-electron chi connectivity index (χ3n) is 2.81. The van der Waals surface area contributed by atoms with Crippen molar-refractivity contribution in [3.05, 3.63) is 40.2 Å². The van der Waals surface area contributed by atoms with Crippen molar-refractivity contribution in [2.75, 3.05) is 0 Å². The van der Waals surface area contributed by atoms with E-state index >= 15 is 0 Å². The number of fused-ring (bicyclic) bond motifs is 1. The van der Waals surface area contributed by atoms with Gasteiger partial charge in [0.15, 0.2) is 0 Å². The van der Waals surface area contributed by atoms with Crippen LogP contribution >= 0.6 is 0 Å². The van der Waals surface area contributed by atoms with Gasteiger partial charge in [-0.2, -0.15) is 0 Å². The van der Waals surface area contributed by atoms with Crippen molar-refractivity contribution in [3.8, 4) is 5.75 Å². The molecule has 2 aromatic rings. The molecule has 1 unspecified atom stereocenters. The van der Waals surface area contributed by atoms with Gasteiger partial charge in [-0.05, 0) is 51.5 Å². The van der Waals surface area contributed by atoms with E-state index < -0.39 is 0 Å². The molecule has 0 bridgehead atoms. The van der Waals surface area contributed by atoms with E-state index in [0.717, 1.165) is 16.7 Å². The highest BCUT2D eigenvalue weighted by Crippen LogP contribution is 2.20. The van der Waals surface area contributed by atoms with Crippen molar-refractivity contribution < 1.29 is 4.74 Å². The van der Waals surface area contributed by atoms with Gasteiger partial charge in [-0.1, -0.05) is 0 Å². The number of hydrogen-bond acceptors (Lipinski definition) is 3. The molecular weight excluding hydrogens is 240 g/mol. The number of rotatable bonds is 4. The molecule has 0 saturated heterocycles. The van der Waals surface area contributed by atoms with Crippen LogP contribution in [0, 0.1) is 0 Å². The fourth-order valence-electron chi connectivity index (χ4n) is 2.07. The number of aromatic amines is 1. The van der Waals surface area contributed by atoms with Gasteiger partial charge < -0.3 is 15.5 Å². The van der Waals surface area contributed by atoms with Crippen LogP contribution in [0.1, 0.15) is 26.3 Å². The summed E-state index contributed by atoms with van der Waals surface area (Å²) in [4.78, 5) is 14.8. The van der Waals surface area contributed by atoms with Gasteiger partial charge in [0, 0.05) is 22.5 Å². The van der Waals surface area contributed by atoms with E-state index in [0.29, 0.717) is 12.0 Å². The first-order valence-corrected chi connectivity index (χ1v) is 6.54. The van der Waals surface area contributed by atoms with Crippen LogP contribution in [-0.4, -0.2) is 17.1 Å². The number of benzene rings is 1. The maximum atomic E-state index is 11.9. The number of H-pyrrole nitrogens is 1. The number of nitrogens with two attached hydrogens (primary N) is 1. The van der Waals surface area contributed by atoms with Crippen LogP contribution in [0.5, 0.6) is 5.75 Å².